The van der Waals surface area contributed by atoms with Crippen molar-refractivity contribution < 1.29 is 14.3 Å². The van der Waals surface area contributed by atoms with Crippen molar-refractivity contribution in [3.63, 3.8) is 0 Å². The highest BCUT2D eigenvalue weighted by molar-refractivity contribution is 5.94. The Labute approximate surface area is 171 Å². The Bertz CT molecular complexity index is 794. The van der Waals surface area contributed by atoms with Gasteiger partial charge in [0.15, 0.2) is 11.5 Å². The minimum Gasteiger partial charge on any atom is -0.486 e. The van der Waals surface area contributed by atoms with Crippen molar-refractivity contribution in [2.24, 2.45) is 11.1 Å². The maximum absolute atomic E-state index is 12.3. The number of halogens is 2. The average Bonchev–Trinajstić information content (AvgIpc) is 2.60. The monoisotopic (exact) mass is 413 g/mol. The molecule has 0 saturated carbocycles. The van der Waals surface area contributed by atoms with Crippen molar-refractivity contribution in [2.75, 3.05) is 18.5 Å². The quantitative estimate of drug-likeness (QED) is 0.800. The minimum atomic E-state index is -0.618. The molecule has 27 heavy (non-hydrogen) atoms. The van der Waals surface area contributed by atoms with Crippen molar-refractivity contribution in [3.05, 3.63) is 36.4 Å². The molecular formula is C19H25Cl2N3O3. The summed E-state index contributed by atoms with van der Waals surface area (Å²) in [5, 5.41) is 2.79. The molecule has 1 aromatic heterocycles. The number of hydrogen-bond donors (Lipinski definition) is 2. The number of benzene rings is 1. The van der Waals surface area contributed by atoms with Crippen LogP contribution in [0, 0.1) is 5.41 Å². The van der Waals surface area contributed by atoms with Gasteiger partial charge in [0.2, 0.25) is 5.91 Å². The molecule has 1 amide bonds. The summed E-state index contributed by atoms with van der Waals surface area (Å²) in [7, 11) is 0. The number of ether oxygens (including phenoxy) is 2. The van der Waals surface area contributed by atoms with E-state index < -0.39 is 6.04 Å². The second-order valence-corrected chi connectivity index (χ2v) is 7.10. The molecule has 0 aliphatic carbocycles. The molecule has 2 aromatic rings. The molecule has 0 bridgehead atoms. The van der Waals surface area contributed by atoms with Gasteiger partial charge in [0, 0.05) is 5.56 Å². The Balaban J connectivity index is 0.00000182. The number of rotatable bonds is 3. The first-order valence-electron chi connectivity index (χ1n) is 8.28. The van der Waals surface area contributed by atoms with Gasteiger partial charge in [-0.3, -0.25) is 4.79 Å². The Morgan fingerprint density at radius 2 is 1.78 bits per heavy atom. The molecule has 1 aliphatic heterocycles. The van der Waals surface area contributed by atoms with Gasteiger partial charge in [0.25, 0.3) is 0 Å². The zero-order chi connectivity index (χ0) is 18.0. The molecule has 148 valence electrons. The molecular weight excluding hydrogens is 389 g/mol. The van der Waals surface area contributed by atoms with Gasteiger partial charge in [-0.15, -0.1) is 24.8 Å². The number of amides is 1. The number of nitrogens with zero attached hydrogens (tertiary/aromatic N) is 1. The van der Waals surface area contributed by atoms with Gasteiger partial charge in [-0.2, -0.15) is 0 Å². The second kappa shape index (κ2) is 9.26. The lowest BCUT2D eigenvalue weighted by Crippen LogP contribution is -2.45. The fourth-order valence-corrected chi connectivity index (χ4v) is 2.47. The van der Waals surface area contributed by atoms with E-state index in [1.54, 1.807) is 6.07 Å². The summed E-state index contributed by atoms with van der Waals surface area (Å²) in [5.74, 6) is 1.65. The summed E-state index contributed by atoms with van der Waals surface area (Å²) in [6, 6.07) is 10.5. The highest BCUT2D eigenvalue weighted by atomic mass is 35.5. The van der Waals surface area contributed by atoms with Crippen molar-refractivity contribution in [1.82, 2.24) is 4.98 Å². The molecule has 0 radical (unpaired) electrons. The van der Waals surface area contributed by atoms with E-state index in [2.05, 4.69) is 10.3 Å². The van der Waals surface area contributed by atoms with Gasteiger partial charge in [0.05, 0.1) is 11.7 Å². The van der Waals surface area contributed by atoms with E-state index in [0.717, 1.165) is 17.0 Å². The van der Waals surface area contributed by atoms with Crippen molar-refractivity contribution in [2.45, 2.75) is 26.8 Å². The Hall–Kier alpha value is -2.02. The normalized spacial score (nSPS) is 13.6. The molecule has 6 nitrogen and oxygen atoms in total. The average molecular weight is 414 g/mol. The smallest absolute Gasteiger partial charge is 0.242 e. The van der Waals surface area contributed by atoms with Gasteiger partial charge in [-0.05, 0) is 35.7 Å². The molecule has 0 spiro atoms. The fourth-order valence-electron chi connectivity index (χ4n) is 2.47. The van der Waals surface area contributed by atoms with Gasteiger partial charge in [0.1, 0.15) is 19.0 Å². The number of carbonyl (C=O) groups is 1. The van der Waals surface area contributed by atoms with Crippen LogP contribution < -0.4 is 20.5 Å². The lowest BCUT2D eigenvalue weighted by Gasteiger charge is -2.25. The number of nitrogens with one attached hydrogen (secondary N) is 1. The van der Waals surface area contributed by atoms with Crippen LogP contribution in [-0.2, 0) is 4.79 Å². The van der Waals surface area contributed by atoms with Gasteiger partial charge in [-0.1, -0.05) is 26.8 Å². The lowest BCUT2D eigenvalue weighted by atomic mass is 9.87. The number of carbonyl (C=O) groups excluding carboxylic acids is 1. The molecule has 1 aromatic carbocycles. The number of hydrogen-bond acceptors (Lipinski definition) is 5. The first-order valence-corrected chi connectivity index (χ1v) is 8.28. The molecule has 3 N–H and O–H groups in total. The highest BCUT2D eigenvalue weighted by Crippen LogP contribution is 2.34. The van der Waals surface area contributed by atoms with Gasteiger partial charge < -0.3 is 20.5 Å². The predicted molar refractivity (Wildman–Crippen MR) is 111 cm³/mol. The molecule has 1 aliphatic rings. The molecule has 0 unspecified atom stereocenters. The van der Waals surface area contributed by atoms with E-state index in [0.29, 0.717) is 24.8 Å². The summed E-state index contributed by atoms with van der Waals surface area (Å²) < 4.78 is 11.1. The molecule has 0 saturated heterocycles. The van der Waals surface area contributed by atoms with Crippen LogP contribution in [0.25, 0.3) is 11.3 Å². The van der Waals surface area contributed by atoms with E-state index in [-0.39, 0.29) is 36.1 Å². The fraction of sp³-hybridized carbons (Fsp3) is 0.368. The molecule has 2 heterocycles. The maximum Gasteiger partial charge on any atom is 0.242 e. The van der Waals surface area contributed by atoms with Crippen LogP contribution in [0.15, 0.2) is 36.4 Å². The number of aromatic nitrogens is 1. The Kier molecular flexibility index (Phi) is 7.90. The predicted octanol–water partition coefficient (Wildman–Crippen LogP) is 3.68. The summed E-state index contributed by atoms with van der Waals surface area (Å²) >= 11 is 0. The van der Waals surface area contributed by atoms with E-state index >= 15 is 0 Å². The summed E-state index contributed by atoms with van der Waals surface area (Å²) in [6.45, 7) is 6.87. The number of nitrogens with two attached hydrogens (primary N) is 1. The van der Waals surface area contributed by atoms with Crippen LogP contribution in [0.2, 0.25) is 0 Å². The third-order valence-electron chi connectivity index (χ3n) is 4.05. The largest absolute Gasteiger partial charge is 0.486 e. The van der Waals surface area contributed by atoms with E-state index in [1.165, 1.54) is 0 Å². The van der Waals surface area contributed by atoms with Crippen LogP contribution in [0.4, 0.5) is 5.82 Å². The maximum atomic E-state index is 12.3. The van der Waals surface area contributed by atoms with Crippen molar-refractivity contribution in [1.29, 1.82) is 0 Å². The standard InChI is InChI=1S/C19H23N3O3.2ClH/c1-19(2,3)17(20)18(23)22-16-6-4-5-13(21-16)12-7-8-14-15(11-12)25-10-9-24-14;;/h4-8,11,17H,9-10,20H2,1-3H3,(H,21,22,23);2*1H/t17-;;/m1../s1. The first-order chi connectivity index (χ1) is 11.8. The topological polar surface area (TPSA) is 86.5 Å². The van der Waals surface area contributed by atoms with Crippen LogP contribution in [-0.4, -0.2) is 30.1 Å². The SMILES string of the molecule is CC(C)(C)[C@H](N)C(=O)Nc1cccc(-c2ccc3c(c2)OCCO3)n1.Cl.Cl. The van der Waals surface area contributed by atoms with Crippen molar-refractivity contribution >= 4 is 36.5 Å². The number of pyridine rings is 1. The third kappa shape index (κ3) is 5.48. The lowest BCUT2D eigenvalue weighted by molar-refractivity contribution is -0.119. The van der Waals surface area contributed by atoms with Crippen molar-refractivity contribution in [3.8, 4) is 22.8 Å². The van der Waals surface area contributed by atoms with Crippen LogP contribution in [0.1, 0.15) is 20.8 Å². The van der Waals surface area contributed by atoms with Gasteiger partial charge in [-0.25, -0.2) is 4.98 Å². The highest BCUT2D eigenvalue weighted by Gasteiger charge is 2.27. The zero-order valence-corrected chi connectivity index (χ0v) is 17.2. The second-order valence-electron chi connectivity index (χ2n) is 7.10. The van der Waals surface area contributed by atoms with Gasteiger partial charge >= 0.3 is 0 Å². The van der Waals surface area contributed by atoms with Crippen LogP contribution in [0.5, 0.6) is 11.5 Å². The van der Waals surface area contributed by atoms with E-state index in [9.17, 15) is 4.79 Å². The van der Waals surface area contributed by atoms with Crippen LogP contribution in [0.3, 0.4) is 0 Å². The first kappa shape index (κ1) is 23.0. The summed E-state index contributed by atoms with van der Waals surface area (Å²) in [6.07, 6.45) is 0. The third-order valence-corrected chi connectivity index (χ3v) is 4.05. The van der Waals surface area contributed by atoms with E-state index in [4.69, 9.17) is 15.2 Å². The summed E-state index contributed by atoms with van der Waals surface area (Å²) in [4.78, 5) is 16.8. The Morgan fingerprint density at radius 1 is 1.11 bits per heavy atom. The summed E-state index contributed by atoms with van der Waals surface area (Å²) in [5.41, 5.74) is 7.30. The molecule has 1 atom stereocenters. The van der Waals surface area contributed by atoms with Crippen LogP contribution >= 0.6 is 24.8 Å². The molecule has 8 heteroatoms. The van der Waals surface area contributed by atoms with E-state index in [1.807, 2.05) is 51.1 Å². The zero-order valence-electron chi connectivity index (χ0n) is 15.5. The Morgan fingerprint density at radius 3 is 2.44 bits per heavy atom. The minimum absolute atomic E-state index is 0. The number of anilines is 1. The molecule has 0 fully saturated rings. The number of fused-ring (bicyclic) bond motifs is 1. The molecule has 3 rings (SSSR count).